The third-order valence-electron chi connectivity index (χ3n) is 6.23. The molecule has 2 atom stereocenters. The molecular formula is C21H27N3O4. The molecule has 2 fully saturated rings. The van der Waals surface area contributed by atoms with E-state index in [1.165, 1.54) is 6.20 Å². The number of carboxylic acid groups (broad SMARTS) is 1. The number of anilines is 1. The van der Waals surface area contributed by atoms with E-state index in [-0.39, 0.29) is 11.6 Å². The summed E-state index contributed by atoms with van der Waals surface area (Å²) in [5.74, 6) is 0.0226. The van der Waals surface area contributed by atoms with Crippen molar-refractivity contribution in [3.05, 3.63) is 34.1 Å². The van der Waals surface area contributed by atoms with Crippen molar-refractivity contribution in [2.75, 3.05) is 32.1 Å². The predicted octanol–water partition coefficient (Wildman–Crippen LogP) is 2.48. The average Bonchev–Trinajstić information content (AvgIpc) is 3.42. The minimum atomic E-state index is -1.19. The summed E-state index contributed by atoms with van der Waals surface area (Å²) in [7, 11) is 3.60. The normalized spacial score (nSPS) is 20.5. The molecule has 0 spiro atoms. The summed E-state index contributed by atoms with van der Waals surface area (Å²) >= 11 is 0. The number of fused-ring (bicyclic) bond motifs is 1. The number of aromatic carboxylic acids is 1. The Kier molecular flexibility index (Phi) is 4.79. The van der Waals surface area contributed by atoms with Gasteiger partial charge in [0.15, 0.2) is 5.75 Å². The lowest BCUT2D eigenvalue weighted by Gasteiger charge is -2.25. The van der Waals surface area contributed by atoms with E-state index in [0.29, 0.717) is 28.6 Å². The topological polar surface area (TPSA) is 83.8 Å². The Balaban J connectivity index is 1.87. The van der Waals surface area contributed by atoms with Gasteiger partial charge < -0.3 is 24.6 Å². The molecule has 0 unspecified atom stereocenters. The van der Waals surface area contributed by atoms with Gasteiger partial charge in [-0.05, 0) is 51.3 Å². The molecule has 7 nitrogen and oxygen atoms in total. The molecule has 0 radical (unpaired) electrons. The zero-order valence-electron chi connectivity index (χ0n) is 16.6. The van der Waals surface area contributed by atoms with Crippen LogP contribution in [-0.2, 0) is 0 Å². The SMILES string of the molecule is CN[C@@H](C)[C@@H]1CCN(c2ccc3c(=O)c(C(=O)O)cn(C4CC4)c3c2OC)C1. The molecule has 2 aromatic rings. The van der Waals surface area contributed by atoms with Crippen molar-refractivity contribution in [3.8, 4) is 5.75 Å². The Bertz CT molecular complexity index is 980. The van der Waals surface area contributed by atoms with Crippen LogP contribution in [0.25, 0.3) is 10.9 Å². The Morgan fingerprint density at radius 1 is 1.32 bits per heavy atom. The Morgan fingerprint density at radius 2 is 2.07 bits per heavy atom. The molecule has 1 aliphatic heterocycles. The van der Waals surface area contributed by atoms with Crippen molar-refractivity contribution in [1.82, 2.24) is 9.88 Å². The summed E-state index contributed by atoms with van der Waals surface area (Å²) in [5, 5.41) is 13.2. The molecule has 2 heterocycles. The number of pyridine rings is 1. The van der Waals surface area contributed by atoms with Crippen LogP contribution >= 0.6 is 0 Å². The summed E-state index contributed by atoms with van der Waals surface area (Å²) < 4.78 is 7.74. The number of carbonyl (C=O) groups is 1. The number of aromatic nitrogens is 1. The smallest absolute Gasteiger partial charge is 0.341 e. The number of hydrogen-bond acceptors (Lipinski definition) is 5. The van der Waals surface area contributed by atoms with Crippen LogP contribution in [-0.4, -0.2) is 48.9 Å². The highest BCUT2D eigenvalue weighted by Gasteiger charge is 2.32. The first-order valence-corrected chi connectivity index (χ1v) is 9.87. The molecule has 1 aromatic carbocycles. The number of nitrogens with zero attached hydrogens (tertiary/aromatic N) is 2. The lowest BCUT2D eigenvalue weighted by Crippen LogP contribution is -2.32. The van der Waals surface area contributed by atoms with E-state index < -0.39 is 11.4 Å². The molecule has 28 heavy (non-hydrogen) atoms. The maximum atomic E-state index is 12.8. The van der Waals surface area contributed by atoms with E-state index in [4.69, 9.17) is 4.74 Å². The molecule has 150 valence electrons. The fourth-order valence-electron chi connectivity index (χ4n) is 4.30. The number of methoxy groups -OCH3 is 1. The molecule has 1 saturated carbocycles. The van der Waals surface area contributed by atoms with Crippen LogP contribution in [0.4, 0.5) is 5.69 Å². The van der Waals surface area contributed by atoms with Gasteiger partial charge in [-0.1, -0.05) is 0 Å². The van der Waals surface area contributed by atoms with Gasteiger partial charge in [0.25, 0.3) is 0 Å². The summed E-state index contributed by atoms with van der Waals surface area (Å²) in [6, 6.07) is 4.31. The quantitative estimate of drug-likeness (QED) is 0.795. The lowest BCUT2D eigenvalue weighted by atomic mass is 10.0. The van der Waals surface area contributed by atoms with Crippen molar-refractivity contribution in [1.29, 1.82) is 0 Å². The highest BCUT2D eigenvalue weighted by Crippen LogP contribution is 2.43. The fraction of sp³-hybridized carbons (Fsp3) is 0.524. The Morgan fingerprint density at radius 3 is 2.68 bits per heavy atom. The van der Waals surface area contributed by atoms with Gasteiger partial charge in [0.1, 0.15) is 5.56 Å². The van der Waals surface area contributed by atoms with Crippen LogP contribution in [0.2, 0.25) is 0 Å². The number of nitrogens with one attached hydrogen (secondary N) is 1. The van der Waals surface area contributed by atoms with Crippen LogP contribution in [0.5, 0.6) is 5.75 Å². The van der Waals surface area contributed by atoms with Gasteiger partial charge in [-0.15, -0.1) is 0 Å². The van der Waals surface area contributed by atoms with Gasteiger partial charge in [0.05, 0.1) is 23.7 Å². The van der Waals surface area contributed by atoms with Crippen molar-refractivity contribution < 1.29 is 14.6 Å². The average molecular weight is 385 g/mol. The number of carboxylic acids is 1. The summed E-state index contributed by atoms with van der Waals surface area (Å²) in [6.07, 6.45) is 4.55. The van der Waals surface area contributed by atoms with E-state index >= 15 is 0 Å². The fourth-order valence-corrected chi connectivity index (χ4v) is 4.30. The number of rotatable bonds is 6. The third kappa shape index (κ3) is 3.03. The summed E-state index contributed by atoms with van der Waals surface area (Å²) in [4.78, 5) is 26.6. The molecule has 1 aliphatic carbocycles. The van der Waals surface area contributed by atoms with Crippen LogP contribution in [0.3, 0.4) is 0 Å². The van der Waals surface area contributed by atoms with Crippen LogP contribution in [0.15, 0.2) is 23.1 Å². The van der Waals surface area contributed by atoms with Gasteiger partial charge in [-0.3, -0.25) is 4.79 Å². The Labute approximate surface area is 163 Å². The molecular weight excluding hydrogens is 358 g/mol. The monoisotopic (exact) mass is 385 g/mol. The highest BCUT2D eigenvalue weighted by atomic mass is 16.5. The second-order valence-electron chi connectivity index (χ2n) is 7.90. The van der Waals surface area contributed by atoms with E-state index in [1.807, 2.05) is 17.7 Å². The minimum Gasteiger partial charge on any atom is -0.492 e. The Hall–Kier alpha value is -2.54. The van der Waals surface area contributed by atoms with Gasteiger partial charge in [0.2, 0.25) is 5.43 Å². The van der Waals surface area contributed by atoms with Gasteiger partial charge in [-0.25, -0.2) is 4.79 Å². The van der Waals surface area contributed by atoms with E-state index in [9.17, 15) is 14.7 Å². The first kappa shape index (κ1) is 18.8. The molecule has 2 N–H and O–H groups in total. The first-order valence-electron chi connectivity index (χ1n) is 9.87. The predicted molar refractivity (Wildman–Crippen MR) is 109 cm³/mol. The van der Waals surface area contributed by atoms with E-state index in [2.05, 4.69) is 17.1 Å². The third-order valence-corrected chi connectivity index (χ3v) is 6.23. The second-order valence-corrected chi connectivity index (χ2v) is 7.90. The standard InChI is InChI=1S/C21H27N3O4/c1-12(22-2)13-8-9-23(10-13)17-7-6-15-18(20(17)28-3)24(14-4-5-14)11-16(19(15)25)21(26)27/h6-7,11-14,22H,4-5,8-10H2,1-3H3,(H,26,27)/t12-,13+/m0/s1. The largest absolute Gasteiger partial charge is 0.492 e. The van der Waals surface area contributed by atoms with Gasteiger partial charge in [-0.2, -0.15) is 0 Å². The zero-order chi connectivity index (χ0) is 20.0. The van der Waals surface area contributed by atoms with Crippen LogP contribution in [0, 0.1) is 5.92 Å². The maximum absolute atomic E-state index is 12.8. The molecule has 0 amide bonds. The van der Waals surface area contributed by atoms with E-state index in [1.54, 1.807) is 13.2 Å². The highest BCUT2D eigenvalue weighted by molar-refractivity contribution is 5.97. The summed E-state index contributed by atoms with van der Waals surface area (Å²) in [6.45, 7) is 4.05. The molecule has 7 heteroatoms. The molecule has 0 bridgehead atoms. The first-order chi connectivity index (χ1) is 13.5. The van der Waals surface area contributed by atoms with Crippen molar-refractivity contribution >= 4 is 22.6 Å². The minimum absolute atomic E-state index is 0.182. The second kappa shape index (κ2) is 7.13. The summed E-state index contributed by atoms with van der Waals surface area (Å²) in [5.41, 5.74) is 1.05. The lowest BCUT2D eigenvalue weighted by molar-refractivity contribution is 0.0695. The van der Waals surface area contributed by atoms with Gasteiger partial charge >= 0.3 is 5.97 Å². The number of hydrogen-bond donors (Lipinski definition) is 2. The van der Waals surface area contributed by atoms with Crippen molar-refractivity contribution in [2.24, 2.45) is 5.92 Å². The van der Waals surface area contributed by atoms with Crippen LogP contribution < -0.4 is 20.4 Å². The van der Waals surface area contributed by atoms with Crippen molar-refractivity contribution in [2.45, 2.75) is 38.3 Å². The molecule has 1 saturated heterocycles. The molecule has 2 aliphatic rings. The maximum Gasteiger partial charge on any atom is 0.341 e. The van der Waals surface area contributed by atoms with Crippen LogP contribution in [0.1, 0.15) is 42.6 Å². The van der Waals surface area contributed by atoms with Gasteiger partial charge in [0, 0.05) is 31.4 Å². The number of benzene rings is 1. The van der Waals surface area contributed by atoms with Crippen molar-refractivity contribution in [3.63, 3.8) is 0 Å². The zero-order valence-corrected chi connectivity index (χ0v) is 16.6. The molecule has 4 rings (SSSR count). The molecule has 1 aromatic heterocycles. The van der Waals surface area contributed by atoms with E-state index in [0.717, 1.165) is 38.0 Å². The number of ether oxygens (including phenoxy) is 1.